The van der Waals surface area contributed by atoms with Crippen molar-refractivity contribution in [3.8, 4) is 0 Å². The zero-order valence-electron chi connectivity index (χ0n) is 12.6. The quantitative estimate of drug-likeness (QED) is 0.909. The zero-order valence-corrected chi connectivity index (χ0v) is 12.6. The number of hydrogen-bond donors (Lipinski definition) is 1. The van der Waals surface area contributed by atoms with E-state index in [0.717, 1.165) is 31.0 Å². The maximum Gasteiger partial charge on any atom is 0.129 e. The number of nitrogens with zero attached hydrogens (tertiary/aromatic N) is 2. The molecule has 0 bridgehead atoms. The lowest BCUT2D eigenvalue weighted by molar-refractivity contribution is 0.325. The summed E-state index contributed by atoms with van der Waals surface area (Å²) in [7, 11) is 0. The van der Waals surface area contributed by atoms with Crippen LogP contribution in [0.15, 0.2) is 12.1 Å². The Morgan fingerprint density at radius 2 is 2.05 bits per heavy atom. The summed E-state index contributed by atoms with van der Waals surface area (Å²) >= 11 is 0. The molecule has 0 aliphatic carbocycles. The number of aromatic nitrogens is 1. The van der Waals surface area contributed by atoms with E-state index in [1.165, 1.54) is 24.8 Å². The van der Waals surface area contributed by atoms with Crippen LogP contribution in [0.2, 0.25) is 0 Å². The van der Waals surface area contributed by atoms with Crippen molar-refractivity contribution in [1.29, 1.82) is 0 Å². The average molecular weight is 261 g/mol. The first kappa shape index (κ1) is 14.3. The van der Waals surface area contributed by atoms with Gasteiger partial charge in [0.2, 0.25) is 0 Å². The van der Waals surface area contributed by atoms with Gasteiger partial charge in [-0.2, -0.15) is 0 Å². The monoisotopic (exact) mass is 261 g/mol. The van der Waals surface area contributed by atoms with Crippen LogP contribution in [0.25, 0.3) is 0 Å². The van der Waals surface area contributed by atoms with Crippen molar-refractivity contribution in [3.63, 3.8) is 0 Å². The SMILES string of the molecule is CCc1cc(CN)cc(N2CCCC(C)(C)CC2)n1. The Labute approximate surface area is 117 Å². The minimum atomic E-state index is 0.466. The highest BCUT2D eigenvalue weighted by Crippen LogP contribution is 2.31. The predicted octanol–water partition coefficient (Wildman–Crippen LogP) is 3.12. The molecule has 0 spiro atoms. The molecule has 0 saturated carbocycles. The molecule has 106 valence electrons. The normalized spacial score (nSPS) is 19.3. The molecule has 0 amide bonds. The van der Waals surface area contributed by atoms with Gasteiger partial charge in [-0.25, -0.2) is 4.98 Å². The molecular formula is C16H27N3. The van der Waals surface area contributed by atoms with E-state index in [0.29, 0.717) is 12.0 Å². The van der Waals surface area contributed by atoms with Gasteiger partial charge in [0.1, 0.15) is 5.82 Å². The summed E-state index contributed by atoms with van der Waals surface area (Å²) in [6.45, 7) is 9.72. The summed E-state index contributed by atoms with van der Waals surface area (Å²) in [5, 5.41) is 0. The Hall–Kier alpha value is -1.09. The molecule has 19 heavy (non-hydrogen) atoms. The Morgan fingerprint density at radius 3 is 2.74 bits per heavy atom. The van der Waals surface area contributed by atoms with Gasteiger partial charge in [0.25, 0.3) is 0 Å². The zero-order chi connectivity index (χ0) is 13.9. The maximum atomic E-state index is 5.80. The van der Waals surface area contributed by atoms with Crippen molar-refractivity contribution in [2.45, 2.75) is 53.0 Å². The minimum Gasteiger partial charge on any atom is -0.357 e. The second-order valence-electron chi connectivity index (χ2n) is 6.39. The second-order valence-corrected chi connectivity index (χ2v) is 6.39. The van der Waals surface area contributed by atoms with E-state index in [1.807, 2.05) is 0 Å². The summed E-state index contributed by atoms with van der Waals surface area (Å²) in [4.78, 5) is 7.22. The summed E-state index contributed by atoms with van der Waals surface area (Å²) in [6.07, 6.45) is 4.77. The molecule has 1 fully saturated rings. The van der Waals surface area contributed by atoms with Crippen molar-refractivity contribution in [2.75, 3.05) is 18.0 Å². The Bertz CT molecular complexity index is 404. The van der Waals surface area contributed by atoms with Crippen LogP contribution >= 0.6 is 0 Å². The molecule has 1 aromatic heterocycles. The van der Waals surface area contributed by atoms with E-state index in [9.17, 15) is 0 Å². The smallest absolute Gasteiger partial charge is 0.129 e. The van der Waals surface area contributed by atoms with Gasteiger partial charge in [-0.15, -0.1) is 0 Å². The fourth-order valence-electron chi connectivity index (χ4n) is 2.75. The minimum absolute atomic E-state index is 0.466. The van der Waals surface area contributed by atoms with Gasteiger partial charge >= 0.3 is 0 Å². The average Bonchev–Trinajstić information content (AvgIpc) is 2.59. The van der Waals surface area contributed by atoms with E-state index in [2.05, 4.69) is 37.8 Å². The molecule has 1 aromatic rings. The first-order valence-corrected chi connectivity index (χ1v) is 7.49. The van der Waals surface area contributed by atoms with Gasteiger partial charge in [-0.05, 0) is 48.8 Å². The van der Waals surface area contributed by atoms with E-state index in [1.54, 1.807) is 0 Å². The van der Waals surface area contributed by atoms with Crippen LogP contribution in [0, 0.1) is 5.41 Å². The summed E-state index contributed by atoms with van der Waals surface area (Å²) in [5.41, 5.74) is 8.62. The number of nitrogens with two attached hydrogens (primary N) is 1. The van der Waals surface area contributed by atoms with Crippen molar-refractivity contribution < 1.29 is 0 Å². The summed E-state index contributed by atoms with van der Waals surface area (Å²) in [5.74, 6) is 1.12. The number of hydrogen-bond acceptors (Lipinski definition) is 3. The van der Waals surface area contributed by atoms with Crippen LogP contribution in [0.5, 0.6) is 0 Å². The van der Waals surface area contributed by atoms with E-state index in [-0.39, 0.29) is 0 Å². The van der Waals surface area contributed by atoms with E-state index in [4.69, 9.17) is 10.7 Å². The van der Waals surface area contributed by atoms with Gasteiger partial charge < -0.3 is 10.6 Å². The third kappa shape index (κ3) is 3.69. The van der Waals surface area contributed by atoms with Gasteiger partial charge in [0.05, 0.1) is 0 Å². The molecule has 3 heteroatoms. The lowest BCUT2D eigenvalue weighted by atomic mass is 9.85. The first-order chi connectivity index (χ1) is 9.04. The van der Waals surface area contributed by atoms with Crippen molar-refractivity contribution >= 4 is 5.82 Å². The van der Waals surface area contributed by atoms with Gasteiger partial charge in [0, 0.05) is 25.3 Å². The van der Waals surface area contributed by atoms with Gasteiger partial charge in [-0.1, -0.05) is 20.8 Å². The molecule has 2 N–H and O–H groups in total. The Balaban J connectivity index is 2.21. The van der Waals surface area contributed by atoms with Crippen LogP contribution in [0.3, 0.4) is 0 Å². The van der Waals surface area contributed by atoms with Crippen LogP contribution in [-0.4, -0.2) is 18.1 Å². The molecule has 0 radical (unpaired) electrons. The molecule has 1 aliphatic heterocycles. The molecular weight excluding hydrogens is 234 g/mol. The highest BCUT2D eigenvalue weighted by molar-refractivity contribution is 5.43. The third-order valence-electron chi connectivity index (χ3n) is 4.19. The van der Waals surface area contributed by atoms with Gasteiger partial charge in [0.15, 0.2) is 0 Å². The molecule has 2 heterocycles. The highest BCUT2D eigenvalue weighted by atomic mass is 15.2. The lowest BCUT2D eigenvalue weighted by Gasteiger charge is -2.24. The molecule has 2 rings (SSSR count). The fraction of sp³-hybridized carbons (Fsp3) is 0.688. The molecule has 0 unspecified atom stereocenters. The fourth-order valence-corrected chi connectivity index (χ4v) is 2.75. The Morgan fingerprint density at radius 1 is 1.26 bits per heavy atom. The largest absolute Gasteiger partial charge is 0.357 e. The number of rotatable bonds is 3. The van der Waals surface area contributed by atoms with Crippen LogP contribution < -0.4 is 10.6 Å². The standard InChI is InChI=1S/C16H27N3/c1-4-14-10-13(12-17)11-15(18-14)19-8-5-6-16(2,3)7-9-19/h10-11H,4-9,12,17H2,1-3H3. The van der Waals surface area contributed by atoms with Crippen molar-refractivity contribution in [1.82, 2.24) is 4.98 Å². The topological polar surface area (TPSA) is 42.1 Å². The van der Waals surface area contributed by atoms with Crippen LogP contribution in [0.1, 0.15) is 51.3 Å². The van der Waals surface area contributed by atoms with Crippen molar-refractivity contribution in [3.05, 3.63) is 23.4 Å². The van der Waals surface area contributed by atoms with E-state index < -0.39 is 0 Å². The second kappa shape index (κ2) is 5.91. The summed E-state index contributed by atoms with van der Waals surface area (Å²) < 4.78 is 0. The maximum absolute atomic E-state index is 5.80. The van der Waals surface area contributed by atoms with Gasteiger partial charge in [-0.3, -0.25) is 0 Å². The number of aryl methyl sites for hydroxylation is 1. The molecule has 1 aliphatic rings. The summed E-state index contributed by atoms with van der Waals surface area (Å²) in [6, 6.07) is 4.29. The number of anilines is 1. The van der Waals surface area contributed by atoms with Crippen LogP contribution in [-0.2, 0) is 13.0 Å². The third-order valence-corrected chi connectivity index (χ3v) is 4.19. The Kier molecular flexibility index (Phi) is 4.46. The highest BCUT2D eigenvalue weighted by Gasteiger charge is 2.23. The predicted molar refractivity (Wildman–Crippen MR) is 81.4 cm³/mol. The first-order valence-electron chi connectivity index (χ1n) is 7.49. The van der Waals surface area contributed by atoms with Crippen molar-refractivity contribution in [2.24, 2.45) is 11.1 Å². The molecule has 0 atom stereocenters. The lowest BCUT2D eigenvalue weighted by Crippen LogP contribution is -2.26. The number of pyridine rings is 1. The molecule has 1 saturated heterocycles. The molecule has 3 nitrogen and oxygen atoms in total. The van der Waals surface area contributed by atoms with E-state index >= 15 is 0 Å². The van der Waals surface area contributed by atoms with Crippen LogP contribution in [0.4, 0.5) is 5.82 Å². The molecule has 0 aromatic carbocycles.